The largest absolute Gasteiger partial charge is 0.345 e. The van der Waals surface area contributed by atoms with Crippen LogP contribution in [0.4, 0.5) is 0 Å². The summed E-state index contributed by atoms with van der Waals surface area (Å²) < 4.78 is 0. The molecule has 3 nitrogen and oxygen atoms in total. The minimum absolute atomic E-state index is 0.0616. The lowest BCUT2D eigenvalue weighted by Gasteiger charge is -2.19. The zero-order valence-electron chi connectivity index (χ0n) is 16.4. The maximum atomic E-state index is 12.6. The van der Waals surface area contributed by atoms with E-state index in [1.807, 2.05) is 43.3 Å². The van der Waals surface area contributed by atoms with Crippen LogP contribution in [0.2, 0.25) is 0 Å². The normalized spacial score (nSPS) is 12.4. The number of carbonyl (C=O) groups excluding carboxylic acids is 1. The molecule has 0 radical (unpaired) electrons. The van der Waals surface area contributed by atoms with Crippen LogP contribution in [-0.2, 0) is 5.41 Å². The summed E-state index contributed by atoms with van der Waals surface area (Å²) in [7, 11) is 0. The third-order valence-electron chi connectivity index (χ3n) is 4.73. The van der Waals surface area contributed by atoms with Crippen LogP contribution in [0.3, 0.4) is 0 Å². The van der Waals surface area contributed by atoms with Gasteiger partial charge in [-0.05, 0) is 35.1 Å². The van der Waals surface area contributed by atoms with Crippen molar-refractivity contribution in [3.05, 3.63) is 89.7 Å². The predicted molar refractivity (Wildman–Crippen MR) is 111 cm³/mol. The van der Waals surface area contributed by atoms with Crippen LogP contribution in [-0.4, -0.2) is 10.9 Å². The van der Waals surface area contributed by atoms with Crippen molar-refractivity contribution in [3.8, 4) is 11.1 Å². The van der Waals surface area contributed by atoms with Gasteiger partial charge in [0.25, 0.3) is 5.91 Å². The van der Waals surface area contributed by atoms with E-state index in [4.69, 9.17) is 0 Å². The molecular weight excluding hydrogens is 332 g/mol. The van der Waals surface area contributed by atoms with Crippen LogP contribution < -0.4 is 5.32 Å². The Morgan fingerprint density at radius 1 is 0.926 bits per heavy atom. The van der Waals surface area contributed by atoms with Gasteiger partial charge in [-0.25, -0.2) is 0 Å². The van der Waals surface area contributed by atoms with Gasteiger partial charge in [-0.1, -0.05) is 75.4 Å². The molecule has 0 aliphatic heterocycles. The van der Waals surface area contributed by atoms with Gasteiger partial charge in [0.15, 0.2) is 0 Å². The lowest BCUT2D eigenvalue weighted by Crippen LogP contribution is -2.26. The Kier molecular flexibility index (Phi) is 5.41. The lowest BCUT2D eigenvalue weighted by atomic mass is 9.86. The molecule has 1 N–H and O–H groups in total. The quantitative estimate of drug-likeness (QED) is 0.665. The highest BCUT2D eigenvalue weighted by molar-refractivity contribution is 5.95. The molecule has 0 fully saturated rings. The highest BCUT2D eigenvalue weighted by atomic mass is 16.1. The molecule has 1 aromatic heterocycles. The van der Waals surface area contributed by atoms with E-state index in [0.717, 1.165) is 16.7 Å². The van der Waals surface area contributed by atoms with Crippen LogP contribution in [0.1, 0.15) is 55.2 Å². The number of carbonyl (C=O) groups is 1. The summed E-state index contributed by atoms with van der Waals surface area (Å²) in [5.41, 5.74) is 5.04. The topological polar surface area (TPSA) is 42.0 Å². The van der Waals surface area contributed by atoms with Crippen LogP contribution in [0.25, 0.3) is 11.1 Å². The van der Waals surface area contributed by atoms with Gasteiger partial charge in [-0.3, -0.25) is 9.78 Å². The molecule has 0 bridgehead atoms. The highest BCUT2D eigenvalue weighted by Gasteiger charge is 2.15. The molecular formula is C24H26N2O. The van der Waals surface area contributed by atoms with E-state index in [0.29, 0.717) is 5.56 Å². The van der Waals surface area contributed by atoms with Gasteiger partial charge in [0.05, 0.1) is 11.6 Å². The molecule has 138 valence electrons. The van der Waals surface area contributed by atoms with Crippen molar-refractivity contribution in [2.75, 3.05) is 0 Å². The van der Waals surface area contributed by atoms with Gasteiger partial charge in [-0.2, -0.15) is 0 Å². The fourth-order valence-electron chi connectivity index (χ4n) is 2.99. The molecule has 0 saturated carbocycles. The number of benzene rings is 2. The number of nitrogens with one attached hydrogen (secondary N) is 1. The Bertz CT molecular complexity index is 909. The summed E-state index contributed by atoms with van der Waals surface area (Å²) in [6, 6.07) is 20.2. The van der Waals surface area contributed by atoms with E-state index in [1.54, 1.807) is 12.4 Å². The first-order valence-corrected chi connectivity index (χ1v) is 9.26. The van der Waals surface area contributed by atoms with E-state index in [2.05, 4.69) is 55.3 Å². The Labute approximate surface area is 161 Å². The minimum Gasteiger partial charge on any atom is -0.345 e. The van der Waals surface area contributed by atoms with Crippen molar-refractivity contribution in [1.29, 1.82) is 0 Å². The van der Waals surface area contributed by atoms with Crippen molar-refractivity contribution in [1.82, 2.24) is 10.3 Å². The smallest absolute Gasteiger partial charge is 0.253 e. The number of nitrogens with zero attached hydrogens (tertiary/aromatic N) is 1. The summed E-state index contributed by atoms with van der Waals surface area (Å²) in [5, 5.41) is 3.04. The third kappa shape index (κ3) is 4.62. The van der Waals surface area contributed by atoms with Crippen molar-refractivity contribution in [3.63, 3.8) is 0 Å². The van der Waals surface area contributed by atoms with Crippen molar-refractivity contribution >= 4 is 5.91 Å². The Balaban J connectivity index is 1.78. The molecule has 3 heteroatoms. The number of hydrogen-bond acceptors (Lipinski definition) is 2. The first-order chi connectivity index (χ1) is 12.8. The molecule has 3 rings (SSSR count). The van der Waals surface area contributed by atoms with Gasteiger partial charge < -0.3 is 5.32 Å². The van der Waals surface area contributed by atoms with E-state index in [1.165, 1.54) is 5.56 Å². The van der Waals surface area contributed by atoms with Gasteiger partial charge in [0, 0.05) is 18.0 Å². The van der Waals surface area contributed by atoms with Crippen LogP contribution >= 0.6 is 0 Å². The molecule has 0 aliphatic rings. The Morgan fingerprint density at radius 3 is 2.22 bits per heavy atom. The molecule has 0 saturated heterocycles. The summed E-state index contributed by atoms with van der Waals surface area (Å²) in [4.78, 5) is 16.9. The first kappa shape index (κ1) is 18.8. The van der Waals surface area contributed by atoms with Crippen molar-refractivity contribution < 1.29 is 4.79 Å². The van der Waals surface area contributed by atoms with Crippen LogP contribution in [0, 0.1) is 0 Å². The highest BCUT2D eigenvalue weighted by Crippen LogP contribution is 2.26. The van der Waals surface area contributed by atoms with Crippen LogP contribution in [0.5, 0.6) is 0 Å². The standard InChI is InChI=1S/C24H26N2O/c1-17(18-8-6-5-7-9-18)26-23(27)21-14-20(15-25-16-21)19-10-12-22(13-11-19)24(2,3)4/h5-17H,1-4H3,(H,26,27). The predicted octanol–water partition coefficient (Wildman–Crippen LogP) is 5.54. The van der Waals surface area contributed by atoms with E-state index in [-0.39, 0.29) is 17.4 Å². The molecule has 0 spiro atoms. The molecule has 1 amide bonds. The van der Waals surface area contributed by atoms with Crippen LogP contribution in [0.15, 0.2) is 73.1 Å². The Hall–Kier alpha value is -2.94. The lowest BCUT2D eigenvalue weighted by molar-refractivity contribution is 0.0939. The third-order valence-corrected chi connectivity index (χ3v) is 4.73. The average Bonchev–Trinajstić information content (AvgIpc) is 2.68. The van der Waals surface area contributed by atoms with Gasteiger partial charge in [0.2, 0.25) is 0 Å². The number of rotatable bonds is 4. The minimum atomic E-state index is -0.119. The zero-order valence-corrected chi connectivity index (χ0v) is 16.4. The average molecular weight is 358 g/mol. The summed E-state index contributed by atoms with van der Waals surface area (Å²) in [6.07, 6.45) is 3.41. The van der Waals surface area contributed by atoms with E-state index in [9.17, 15) is 4.79 Å². The Morgan fingerprint density at radius 2 is 1.59 bits per heavy atom. The van der Waals surface area contributed by atoms with Crippen molar-refractivity contribution in [2.24, 2.45) is 0 Å². The second kappa shape index (κ2) is 7.75. The molecule has 1 atom stereocenters. The number of aromatic nitrogens is 1. The molecule has 2 aromatic carbocycles. The number of amides is 1. The second-order valence-corrected chi connectivity index (χ2v) is 7.90. The fourth-order valence-corrected chi connectivity index (χ4v) is 2.99. The molecule has 27 heavy (non-hydrogen) atoms. The van der Waals surface area contributed by atoms with Gasteiger partial charge in [0.1, 0.15) is 0 Å². The summed E-state index contributed by atoms with van der Waals surface area (Å²) >= 11 is 0. The zero-order chi connectivity index (χ0) is 19.4. The molecule has 3 aromatic rings. The number of pyridine rings is 1. The first-order valence-electron chi connectivity index (χ1n) is 9.26. The monoisotopic (exact) mass is 358 g/mol. The maximum absolute atomic E-state index is 12.6. The fraction of sp³-hybridized carbons (Fsp3) is 0.250. The van der Waals surface area contributed by atoms with Gasteiger partial charge in [-0.15, -0.1) is 0 Å². The van der Waals surface area contributed by atoms with Gasteiger partial charge >= 0.3 is 0 Å². The van der Waals surface area contributed by atoms with E-state index >= 15 is 0 Å². The van der Waals surface area contributed by atoms with Crippen molar-refractivity contribution in [2.45, 2.75) is 39.2 Å². The SMILES string of the molecule is CC(NC(=O)c1cncc(-c2ccc(C(C)(C)C)cc2)c1)c1ccccc1. The molecule has 1 heterocycles. The summed E-state index contributed by atoms with van der Waals surface area (Å²) in [6.45, 7) is 8.57. The second-order valence-electron chi connectivity index (χ2n) is 7.90. The molecule has 0 aliphatic carbocycles. The summed E-state index contributed by atoms with van der Waals surface area (Å²) in [5.74, 6) is -0.119. The maximum Gasteiger partial charge on any atom is 0.253 e. The molecule has 1 unspecified atom stereocenters. The van der Waals surface area contributed by atoms with E-state index < -0.39 is 0 Å². The number of hydrogen-bond donors (Lipinski definition) is 1.